The second kappa shape index (κ2) is 6.75. The number of esters is 1. The largest absolute Gasteiger partial charge is 0.493 e. The molecular weight excluding hydrogens is 392 g/mol. The van der Waals surface area contributed by atoms with Gasteiger partial charge in [-0.05, 0) is 40.5 Å². The number of carbonyl (C=O) groups is 1. The summed E-state index contributed by atoms with van der Waals surface area (Å²) in [6.45, 7) is 1.80. The molecule has 0 amide bonds. The van der Waals surface area contributed by atoms with E-state index in [1.54, 1.807) is 31.9 Å². The minimum absolute atomic E-state index is 0.443. The molecule has 0 radical (unpaired) electrons. The van der Waals surface area contributed by atoms with Gasteiger partial charge in [0.2, 0.25) is 5.95 Å². The van der Waals surface area contributed by atoms with E-state index in [4.69, 9.17) is 14.2 Å². The van der Waals surface area contributed by atoms with Gasteiger partial charge in [0.1, 0.15) is 12.4 Å². The van der Waals surface area contributed by atoms with Gasteiger partial charge in [-0.3, -0.25) is 0 Å². The minimum atomic E-state index is -0.512. The highest BCUT2D eigenvalue weighted by molar-refractivity contribution is 9.10. The minimum Gasteiger partial charge on any atom is -0.493 e. The second-order valence-corrected chi connectivity index (χ2v) is 6.18. The Balaban J connectivity index is 2.23. The highest BCUT2D eigenvalue weighted by Gasteiger charge is 2.34. The normalized spacial score (nSPS) is 16.1. The van der Waals surface area contributed by atoms with Crippen molar-refractivity contribution in [2.45, 2.75) is 13.0 Å². The lowest BCUT2D eigenvalue weighted by atomic mass is 9.95. The second-order valence-electron chi connectivity index (χ2n) is 5.32. The van der Waals surface area contributed by atoms with Crippen LogP contribution >= 0.6 is 15.9 Å². The number of nitrogens with zero attached hydrogens (tertiary/aromatic N) is 3. The van der Waals surface area contributed by atoms with E-state index in [-0.39, 0.29) is 0 Å². The van der Waals surface area contributed by atoms with Crippen LogP contribution in [0.2, 0.25) is 0 Å². The van der Waals surface area contributed by atoms with Gasteiger partial charge in [0.05, 0.1) is 31.4 Å². The van der Waals surface area contributed by atoms with Gasteiger partial charge in [0.25, 0.3) is 0 Å². The highest BCUT2D eigenvalue weighted by atomic mass is 79.9. The maximum atomic E-state index is 12.4. The molecule has 0 saturated heterocycles. The van der Waals surface area contributed by atoms with Gasteiger partial charge in [-0.25, -0.2) is 9.48 Å². The number of anilines is 1. The highest BCUT2D eigenvalue weighted by Crippen LogP contribution is 2.42. The number of fused-ring (bicyclic) bond motifs is 1. The Bertz CT molecular complexity index is 862. The number of hydrogen-bond acceptors (Lipinski definition) is 7. The third-order valence-corrected chi connectivity index (χ3v) is 4.56. The Kier molecular flexibility index (Phi) is 4.67. The van der Waals surface area contributed by atoms with Gasteiger partial charge < -0.3 is 19.5 Å². The number of methoxy groups -OCH3 is 3. The monoisotopic (exact) mass is 408 g/mol. The summed E-state index contributed by atoms with van der Waals surface area (Å²) in [4.78, 5) is 16.6. The third-order valence-electron chi connectivity index (χ3n) is 3.97. The van der Waals surface area contributed by atoms with E-state index in [0.29, 0.717) is 33.2 Å². The molecule has 1 aromatic heterocycles. The standard InChI is InChI=1S/C16H17BrN4O4/c1-8-12(15(22)25-4)13(21-16(20-8)18-7-19-21)9-5-10(17)14(24-3)11(6-9)23-2/h5-7,13H,1-4H3,(H,18,19,20). The maximum absolute atomic E-state index is 12.4. The molecule has 0 aliphatic carbocycles. The number of aromatic nitrogens is 3. The molecule has 1 unspecified atom stereocenters. The average molecular weight is 409 g/mol. The van der Waals surface area contributed by atoms with Crippen LogP contribution < -0.4 is 14.8 Å². The molecule has 1 aromatic carbocycles. The molecule has 0 bridgehead atoms. The lowest BCUT2D eigenvalue weighted by Crippen LogP contribution is -2.29. The van der Waals surface area contributed by atoms with Crippen LogP contribution in [0.3, 0.4) is 0 Å². The molecule has 25 heavy (non-hydrogen) atoms. The van der Waals surface area contributed by atoms with E-state index >= 15 is 0 Å². The first-order chi connectivity index (χ1) is 12.0. The van der Waals surface area contributed by atoms with Gasteiger partial charge in [0, 0.05) is 5.70 Å². The van der Waals surface area contributed by atoms with Gasteiger partial charge >= 0.3 is 5.97 Å². The fourth-order valence-corrected chi connectivity index (χ4v) is 3.49. The van der Waals surface area contributed by atoms with Crippen LogP contribution in [0.1, 0.15) is 18.5 Å². The first kappa shape index (κ1) is 17.3. The molecule has 9 heteroatoms. The molecule has 1 aliphatic heterocycles. The van der Waals surface area contributed by atoms with Crippen LogP contribution in [0.25, 0.3) is 0 Å². The molecule has 0 saturated carbocycles. The maximum Gasteiger partial charge on any atom is 0.338 e. The van der Waals surface area contributed by atoms with Gasteiger partial charge in [0.15, 0.2) is 11.5 Å². The van der Waals surface area contributed by atoms with Crippen LogP contribution in [-0.4, -0.2) is 42.1 Å². The van der Waals surface area contributed by atoms with E-state index in [9.17, 15) is 4.79 Å². The van der Waals surface area contributed by atoms with Crippen molar-refractivity contribution < 1.29 is 19.0 Å². The van der Waals surface area contributed by atoms with Crippen molar-refractivity contribution in [3.05, 3.63) is 39.8 Å². The number of benzene rings is 1. The number of carbonyl (C=O) groups excluding carboxylic acids is 1. The molecule has 1 atom stereocenters. The first-order valence-corrected chi connectivity index (χ1v) is 8.18. The summed E-state index contributed by atoms with van der Waals surface area (Å²) >= 11 is 3.49. The molecule has 2 aromatic rings. The van der Waals surface area contributed by atoms with Gasteiger partial charge in [-0.1, -0.05) is 0 Å². The number of allylic oxidation sites excluding steroid dienone is 1. The summed E-state index contributed by atoms with van der Waals surface area (Å²) in [6, 6.07) is 3.16. The number of rotatable bonds is 4. The summed E-state index contributed by atoms with van der Waals surface area (Å²) in [5, 5.41) is 7.33. The predicted molar refractivity (Wildman–Crippen MR) is 93.7 cm³/mol. The van der Waals surface area contributed by atoms with Crippen LogP contribution in [0, 0.1) is 0 Å². The summed E-state index contributed by atoms with van der Waals surface area (Å²) in [7, 11) is 4.47. The molecule has 3 rings (SSSR count). The zero-order valence-corrected chi connectivity index (χ0v) is 15.7. The molecule has 1 aliphatic rings. The first-order valence-electron chi connectivity index (χ1n) is 7.38. The van der Waals surface area contributed by atoms with Crippen LogP contribution in [0.5, 0.6) is 11.5 Å². The smallest absolute Gasteiger partial charge is 0.338 e. The Morgan fingerprint density at radius 3 is 2.68 bits per heavy atom. The van der Waals surface area contributed by atoms with Crippen molar-refractivity contribution in [3.8, 4) is 11.5 Å². The Labute approximate surface area is 152 Å². The quantitative estimate of drug-likeness (QED) is 0.777. The van der Waals surface area contributed by atoms with Crippen molar-refractivity contribution in [3.63, 3.8) is 0 Å². The van der Waals surface area contributed by atoms with Gasteiger partial charge in [-0.2, -0.15) is 10.1 Å². The number of nitrogens with one attached hydrogen (secondary N) is 1. The number of halogens is 1. The fraction of sp³-hybridized carbons (Fsp3) is 0.312. The van der Waals surface area contributed by atoms with Crippen molar-refractivity contribution in [2.75, 3.05) is 26.6 Å². The fourth-order valence-electron chi connectivity index (χ4n) is 2.87. The van der Waals surface area contributed by atoms with E-state index in [0.717, 1.165) is 5.56 Å². The predicted octanol–water partition coefficient (Wildman–Crippen LogP) is 2.52. The molecule has 2 heterocycles. The number of hydrogen-bond donors (Lipinski definition) is 1. The molecule has 8 nitrogen and oxygen atoms in total. The molecule has 132 valence electrons. The number of ether oxygens (including phenoxy) is 3. The summed E-state index contributed by atoms with van der Waals surface area (Å²) in [5.74, 6) is 1.20. The Morgan fingerprint density at radius 2 is 2.04 bits per heavy atom. The summed E-state index contributed by atoms with van der Waals surface area (Å²) in [6.07, 6.45) is 1.43. The topological polar surface area (TPSA) is 87.5 Å². The van der Waals surface area contributed by atoms with E-state index in [2.05, 4.69) is 31.3 Å². The molecule has 0 spiro atoms. The van der Waals surface area contributed by atoms with Crippen LogP contribution in [0.15, 0.2) is 34.2 Å². The SMILES string of the molecule is COC(=O)C1=C(C)Nc2ncnn2C1c1cc(Br)c(OC)c(OC)c1. The van der Waals surface area contributed by atoms with E-state index in [1.807, 2.05) is 6.07 Å². The zero-order chi connectivity index (χ0) is 18.1. The van der Waals surface area contributed by atoms with Crippen molar-refractivity contribution >= 4 is 27.8 Å². The average Bonchev–Trinajstić information content (AvgIpc) is 3.06. The Morgan fingerprint density at radius 1 is 1.28 bits per heavy atom. The zero-order valence-electron chi connectivity index (χ0n) is 14.2. The third kappa shape index (κ3) is 2.84. The van der Waals surface area contributed by atoms with Gasteiger partial charge in [-0.15, -0.1) is 0 Å². The Hall–Kier alpha value is -2.55. The van der Waals surface area contributed by atoms with Crippen LogP contribution in [0.4, 0.5) is 5.95 Å². The van der Waals surface area contributed by atoms with Crippen LogP contribution in [-0.2, 0) is 9.53 Å². The molecule has 1 N–H and O–H groups in total. The van der Waals surface area contributed by atoms with Crippen molar-refractivity contribution in [2.24, 2.45) is 0 Å². The van der Waals surface area contributed by atoms with E-state index < -0.39 is 12.0 Å². The van der Waals surface area contributed by atoms with E-state index in [1.165, 1.54) is 13.4 Å². The lowest BCUT2D eigenvalue weighted by molar-refractivity contribution is -0.136. The summed E-state index contributed by atoms with van der Waals surface area (Å²) in [5.41, 5.74) is 1.88. The molecule has 0 fully saturated rings. The summed E-state index contributed by atoms with van der Waals surface area (Å²) < 4.78 is 18.1. The lowest BCUT2D eigenvalue weighted by Gasteiger charge is -2.28. The van der Waals surface area contributed by atoms with Crippen molar-refractivity contribution in [1.29, 1.82) is 0 Å². The van der Waals surface area contributed by atoms with Crippen molar-refractivity contribution in [1.82, 2.24) is 14.8 Å². The molecular formula is C16H17BrN4O4.